The fourth-order valence-corrected chi connectivity index (χ4v) is 2.43. The van der Waals surface area contributed by atoms with Crippen LogP contribution in [0.15, 0.2) is 24.3 Å². The van der Waals surface area contributed by atoms with Crippen molar-refractivity contribution in [2.45, 2.75) is 32.7 Å². The summed E-state index contributed by atoms with van der Waals surface area (Å²) in [6.45, 7) is 5.37. The number of carbonyl (C=O) groups is 2. The van der Waals surface area contributed by atoms with Crippen molar-refractivity contribution in [3.8, 4) is 0 Å². The van der Waals surface area contributed by atoms with E-state index in [9.17, 15) is 9.59 Å². The van der Waals surface area contributed by atoms with Crippen molar-refractivity contribution in [2.24, 2.45) is 0 Å². The number of benzene rings is 1. The van der Waals surface area contributed by atoms with Gasteiger partial charge in [-0.3, -0.25) is 14.5 Å². The first-order chi connectivity index (χ1) is 9.09. The fourth-order valence-electron chi connectivity index (χ4n) is 2.43. The molecule has 1 saturated heterocycles. The molecule has 2 rings (SSSR count). The second-order valence-corrected chi connectivity index (χ2v) is 5.01. The normalized spacial score (nSPS) is 17.2. The minimum Gasteiger partial charge on any atom is -0.324 e. The van der Waals surface area contributed by atoms with E-state index in [0.29, 0.717) is 11.3 Å². The molecule has 4 heteroatoms. The van der Waals surface area contributed by atoms with Crippen molar-refractivity contribution in [3.63, 3.8) is 0 Å². The molecule has 1 atom stereocenters. The molecule has 1 aromatic rings. The first-order valence-corrected chi connectivity index (χ1v) is 6.74. The van der Waals surface area contributed by atoms with Gasteiger partial charge in [0.05, 0.1) is 11.7 Å². The lowest BCUT2D eigenvalue weighted by molar-refractivity contribution is -0.120. The average Bonchev–Trinajstić information content (AvgIpc) is 2.92. The monoisotopic (exact) mass is 260 g/mol. The van der Waals surface area contributed by atoms with Crippen LogP contribution >= 0.6 is 0 Å². The molecule has 1 fully saturated rings. The average molecular weight is 260 g/mol. The Labute approximate surface area is 113 Å². The van der Waals surface area contributed by atoms with Crippen molar-refractivity contribution in [1.82, 2.24) is 4.90 Å². The third-order valence-corrected chi connectivity index (χ3v) is 3.63. The number of amides is 1. The number of carbonyl (C=O) groups excluding carboxylic acids is 2. The minimum absolute atomic E-state index is 0.0373. The fraction of sp³-hybridized carbons (Fsp3) is 0.467. The van der Waals surface area contributed by atoms with Gasteiger partial charge in [-0.25, -0.2) is 0 Å². The first-order valence-electron chi connectivity index (χ1n) is 6.74. The van der Waals surface area contributed by atoms with Crippen molar-refractivity contribution < 1.29 is 9.59 Å². The molecule has 1 aliphatic heterocycles. The largest absolute Gasteiger partial charge is 0.324 e. The highest BCUT2D eigenvalue weighted by atomic mass is 16.2. The third kappa shape index (κ3) is 3.20. The molecule has 1 N–H and O–H groups in total. The maximum Gasteiger partial charge on any atom is 0.241 e. The molecule has 0 aliphatic carbocycles. The van der Waals surface area contributed by atoms with Crippen LogP contribution in [-0.4, -0.2) is 35.7 Å². The SMILES string of the molecule is CC(=O)c1ccccc1NC(=O)[C@H](C)N1CCCC1. The predicted octanol–water partition coefficient (Wildman–Crippen LogP) is 2.31. The summed E-state index contributed by atoms with van der Waals surface area (Å²) in [7, 11) is 0. The Balaban J connectivity index is 2.08. The summed E-state index contributed by atoms with van der Waals surface area (Å²) in [6.07, 6.45) is 2.31. The van der Waals surface area contributed by atoms with Gasteiger partial charge >= 0.3 is 0 Å². The maximum atomic E-state index is 12.2. The third-order valence-electron chi connectivity index (χ3n) is 3.63. The Kier molecular flexibility index (Phi) is 4.32. The molecule has 0 spiro atoms. The summed E-state index contributed by atoms with van der Waals surface area (Å²) >= 11 is 0. The van der Waals surface area contributed by atoms with Gasteiger partial charge in [-0.1, -0.05) is 12.1 Å². The topological polar surface area (TPSA) is 49.4 Å². The predicted molar refractivity (Wildman–Crippen MR) is 75.3 cm³/mol. The molecule has 19 heavy (non-hydrogen) atoms. The zero-order valence-corrected chi connectivity index (χ0v) is 11.5. The quantitative estimate of drug-likeness (QED) is 0.845. The van der Waals surface area contributed by atoms with Gasteiger partial charge in [0, 0.05) is 5.56 Å². The second kappa shape index (κ2) is 5.97. The van der Waals surface area contributed by atoms with E-state index in [4.69, 9.17) is 0 Å². The van der Waals surface area contributed by atoms with Crippen molar-refractivity contribution in [2.75, 3.05) is 18.4 Å². The molecule has 1 aromatic carbocycles. The zero-order valence-electron chi connectivity index (χ0n) is 11.5. The first kappa shape index (κ1) is 13.7. The van der Waals surface area contributed by atoms with Gasteiger partial charge in [0.1, 0.15) is 0 Å². The van der Waals surface area contributed by atoms with E-state index in [1.807, 2.05) is 13.0 Å². The number of rotatable bonds is 4. The Morgan fingerprint density at radius 2 is 1.84 bits per heavy atom. The summed E-state index contributed by atoms with van der Waals surface area (Å²) in [5.74, 6) is -0.0830. The number of ketones is 1. The van der Waals surface area contributed by atoms with Crippen molar-refractivity contribution in [1.29, 1.82) is 0 Å². The number of nitrogens with zero attached hydrogens (tertiary/aromatic N) is 1. The van der Waals surface area contributed by atoms with E-state index in [-0.39, 0.29) is 17.7 Å². The standard InChI is InChI=1S/C15H20N2O2/c1-11(17-9-5-6-10-17)15(19)16-14-8-4-3-7-13(14)12(2)18/h3-4,7-8,11H,5-6,9-10H2,1-2H3,(H,16,19)/t11-/m0/s1. The number of likely N-dealkylation sites (tertiary alicyclic amines) is 1. The van der Waals surface area contributed by atoms with Crippen LogP contribution in [0.1, 0.15) is 37.0 Å². The summed E-state index contributed by atoms with van der Waals surface area (Å²) in [5.41, 5.74) is 1.16. The Hall–Kier alpha value is -1.68. The smallest absolute Gasteiger partial charge is 0.241 e. The van der Waals surface area contributed by atoms with E-state index >= 15 is 0 Å². The Morgan fingerprint density at radius 1 is 1.21 bits per heavy atom. The molecule has 0 aromatic heterocycles. The summed E-state index contributed by atoms with van der Waals surface area (Å²) in [5, 5.41) is 2.87. The van der Waals surface area contributed by atoms with Gasteiger partial charge in [-0.15, -0.1) is 0 Å². The van der Waals surface area contributed by atoms with Crippen LogP contribution in [0.25, 0.3) is 0 Å². The highest BCUT2D eigenvalue weighted by Crippen LogP contribution is 2.18. The molecule has 0 bridgehead atoms. The van der Waals surface area contributed by atoms with E-state index in [0.717, 1.165) is 25.9 Å². The van der Waals surface area contributed by atoms with Gasteiger partial charge < -0.3 is 5.32 Å². The number of Topliss-reactive ketones (excluding diaryl/α,β-unsaturated/α-hetero) is 1. The highest BCUT2D eigenvalue weighted by Gasteiger charge is 2.24. The molecule has 0 unspecified atom stereocenters. The second-order valence-electron chi connectivity index (χ2n) is 5.01. The van der Waals surface area contributed by atoms with Crippen molar-refractivity contribution >= 4 is 17.4 Å². The summed E-state index contributed by atoms with van der Waals surface area (Å²) in [6, 6.07) is 6.98. The van der Waals surface area contributed by atoms with Gasteiger partial charge in [-0.2, -0.15) is 0 Å². The van der Waals surface area contributed by atoms with Crippen LogP contribution < -0.4 is 5.32 Å². The van der Waals surface area contributed by atoms with E-state index in [2.05, 4.69) is 10.2 Å². The number of nitrogens with one attached hydrogen (secondary N) is 1. The molecular formula is C15H20N2O2. The zero-order chi connectivity index (χ0) is 13.8. The van der Waals surface area contributed by atoms with Gasteiger partial charge in [0.25, 0.3) is 0 Å². The minimum atomic E-state index is -0.150. The molecule has 4 nitrogen and oxygen atoms in total. The van der Waals surface area contributed by atoms with Crippen LogP contribution in [0.5, 0.6) is 0 Å². The van der Waals surface area contributed by atoms with Gasteiger partial charge in [0.2, 0.25) is 5.91 Å². The summed E-state index contributed by atoms with van der Waals surface area (Å²) in [4.78, 5) is 25.9. The molecule has 1 amide bonds. The number of hydrogen-bond acceptors (Lipinski definition) is 3. The molecule has 1 aliphatic rings. The summed E-state index contributed by atoms with van der Waals surface area (Å²) < 4.78 is 0. The van der Waals surface area contributed by atoms with Crippen LogP contribution in [0.3, 0.4) is 0 Å². The molecule has 0 radical (unpaired) electrons. The van der Waals surface area contributed by atoms with Crippen LogP contribution in [-0.2, 0) is 4.79 Å². The lowest BCUT2D eigenvalue weighted by Gasteiger charge is -2.23. The molecule has 0 saturated carbocycles. The molecule has 102 valence electrons. The Morgan fingerprint density at radius 3 is 2.47 bits per heavy atom. The molecule has 1 heterocycles. The Bertz CT molecular complexity index is 479. The van der Waals surface area contributed by atoms with Gasteiger partial charge in [-0.05, 0) is 51.9 Å². The van der Waals surface area contributed by atoms with Crippen LogP contribution in [0.2, 0.25) is 0 Å². The van der Waals surface area contributed by atoms with E-state index < -0.39 is 0 Å². The number of hydrogen-bond donors (Lipinski definition) is 1. The van der Waals surface area contributed by atoms with E-state index in [1.54, 1.807) is 18.2 Å². The lowest BCUT2D eigenvalue weighted by Crippen LogP contribution is -2.40. The lowest BCUT2D eigenvalue weighted by atomic mass is 10.1. The number of para-hydroxylation sites is 1. The maximum absolute atomic E-state index is 12.2. The molecular weight excluding hydrogens is 240 g/mol. The van der Waals surface area contributed by atoms with Crippen LogP contribution in [0.4, 0.5) is 5.69 Å². The van der Waals surface area contributed by atoms with Gasteiger partial charge in [0.15, 0.2) is 5.78 Å². The highest BCUT2D eigenvalue weighted by molar-refractivity contribution is 6.04. The van der Waals surface area contributed by atoms with Crippen LogP contribution in [0, 0.1) is 0 Å². The van der Waals surface area contributed by atoms with E-state index in [1.165, 1.54) is 6.92 Å². The van der Waals surface area contributed by atoms with Crippen molar-refractivity contribution in [3.05, 3.63) is 29.8 Å². The number of anilines is 1.